The van der Waals surface area contributed by atoms with Gasteiger partial charge in [-0.15, -0.1) is 54.1 Å². The van der Waals surface area contributed by atoms with E-state index in [1.54, 1.807) is 0 Å². The van der Waals surface area contributed by atoms with Crippen molar-refractivity contribution >= 4 is 46.4 Å². The number of benzene rings is 3. The van der Waals surface area contributed by atoms with Crippen LogP contribution in [0.4, 0.5) is 0 Å². The second-order valence-corrected chi connectivity index (χ2v) is 18.1. The van der Waals surface area contributed by atoms with Crippen LogP contribution in [0.15, 0.2) is 83.5 Å². The number of hydrogen-bond donors (Lipinski definition) is 0. The summed E-state index contributed by atoms with van der Waals surface area (Å²) in [5, 5.41) is 3.37. The van der Waals surface area contributed by atoms with Crippen LogP contribution >= 0.6 is 0 Å². The molecular weight excluding hydrogens is 763 g/mol. The molecule has 0 aliphatic carbocycles. The predicted molar refractivity (Wildman–Crippen MR) is 188 cm³/mol. The van der Waals surface area contributed by atoms with E-state index in [9.17, 15) is 0 Å². The fraction of sp³-hybridized carbons (Fsp3) is 0.263. The van der Waals surface area contributed by atoms with Gasteiger partial charge >= 0.3 is 0 Å². The third-order valence-electron chi connectivity index (χ3n) is 8.00. The van der Waals surface area contributed by atoms with Gasteiger partial charge in [0.15, 0.2) is 0 Å². The molecule has 0 atom stereocenters. The first-order valence-corrected chi connectivity index (χ1v) is 19.0. The van der Waals surface area contributed by atoms with Gasteiger partial charge in [0, 0.05) is 43.9 Å². The summed E-state index contributed by atoms with van der Waals surface area (Å²) in [7, 11) is -1.34. The molecule has 0 bridgehead atoms. The number of para-hydroxylation sites is 2. The second kappa shape index (κ2) is 13.4. The monoisotopic (exact) mass is 802 g/mol. The van der Waals surface area contributed by atoms with Gasteiger partial charge in [-0.3, -0.25) is 4.98 Å². The Balaban J connectivity index is 0.000000187. The predicted octanol–water partition coefficient (Wildman–Crippen LogP) is 9.30. The molecule has 0 unspecified atom stereocenters. The van der Waals surface area contributed by atoms with E-state index in [0.29, 0.717) is 17.5 Å². The average molecular weight is 802 g/mol. The van der Waals surface area contributed by atoms with E-state index in [0.717, 1.165) is 50.0 Å². The number of aryl methyl sites for hydroxylation is 1. The van der Waals surface area contributed by atoms with Gasteiger partial charge in [0.1, 0.15) is 5.82 Å². The minimum absolute atomic E-state index is 0. The normalized spacial score (nSPS) is 11.7. The molecule has 7 rings (SSSR count). The van der Waals surface area contributed by atoms with Crippen LogP contribution in [0.5, 0.6) is 0 Å². The number of furan rings is 1. The number of hydrogen-bond acceptors (Lipinski definition) is 5. The number of nitrogens with zero attached hydrogens (tertiary/aromatic N) is 5. The minimum atomic E-state index is -1.34. The third kappa shape index (κ3) is 6.48. The average Bonchev–Trinajstić information content (AvgIpc) is 3.59. The van der Waals surface area contributed by atoms with E-state index >= 15 is 0 Å². The zero-order chi connectivity index (χ0) is 31.9. The first-order chi connectivity index (χ1) is 21.5. The number of rotatable bonds is 5. The van der Waals surface area contributed by atoms with E-state index < -0.39 is 8.07 Å². The van der Waals surface area contributed by atoms with E-state index in [2.05, 4.69) is 103 Å². The molecule has 4 aromatic heterocycles. The van der Waals surface area contributed by atoms with E-state index in [-0.39, 0.29) is 26.1 Å². The van der Waals surface area contributed by atoms with Gasteiger partial charge in [-0.2, -0.15) is 4.98 Å². The number of imidazole rings is 1. The van der Waals surface area contributed by atoms with Gasteiger partial charge in [-0.1, -0.05) is 68.2 Å². The molecule has 0 saturated carbocycles. The summed E-state index contributed by atoms with van der Waals surface area (Å²) in [5.74, 6) is 2.08. The Labute approximate surface area is 285 Å². The Morgan fingerprint density at radius 3 is 2.28 bits per heavy atom. The SMILES string of the molecule is CC(C)c1cc(-c2[c-]cccc2)ncc1[Si](C)(C)C.Cc1ncc2c(n1)oc1c(-c3nc4ccccc4n3C(C)C)[c-]ccc12.[Ir]. The van der Waals surface area contributed by atoms with Crippen molar-refractivity contribution in [3.05, 3.63) is 103 Å². The van der Waals surface area contributed by atoms with Crippen molar-refractivity contribution in [2.24, 2.45) is 0 Å². The molecule has 0 aliphatic heterocycles. The molecule has 0 fully saturated rings. The van der Waals surface area contributed by atoms with Crippen molar-refractivity contribution in [2.45, 2.75) is 66.2 Å². The quantitative estimate of drug-likeness (QED) is 0.128. The zero-order valence-corrected chi connectivity index (χ0v) is 31.0. The van der Waals surface area contributed by atoms with Gasteiger partial charge in [-0.25, -0.2) is 4.98 Å². The summed E-state index contributed by atoms with van der Waals surface area (Å²) in [6, 6.07) is 29.2. The van der Waals surface area contributed by atoms with Crippen molar-refractivity contribution in [3.63, 3.8) is 0 Å². The summed E-state index contributed by atoms with van der Waals surface area (Å²) in [6.45, 7) is 17.8. The third-order valence-corrected chi connectivity index (χ3v) is 10.0. The van der Waals surface area contributed by atoms with Crippen molar-refractivity contribution in [1.82, 2.24) is 24.5 Å². The Morgan fingerprint density at radius 1 is 0.826 bits per heavy atom. The van der Waals surface area contributed by atoms with E-state index in [1.807, 2.05) is 61.7 Å². The van der Waals surface area contributed by atoms with Crippen LogP contribution < -0.4 is 5.19 Å². The van der Waals surface area contributed by atoms with E-state index in [4.69, 9.17) is 9.40 Å². The summed E-state index contributed by atoms with van der Waals surface area (Å²) in [4.78, 5) is 18.3. The molecule has 0 amide bonds. The zero-order valence-electron chi connectivity index (χ0n) is 27.6. The van der Waals surface area contributed by atoms with Gasteiger partial charge in [0.25, 0.3) is 0 Å². The standard InChI is InChI=1S/C21H17N4O.C17H22NSi.Ir/c1-12(2)25-18-10-5-4-9-17(18)24-20(25)15-8-6-7-14-16-11-22-13(3)23-21(16)26-19(14)15;1-13(2)15-11-16(14-9-7-6-8-10-14)18-12-17(15)19(3,4)5;/h4-7,9-12H,1-3H3;6-9,11-13H,1-5H3;/q2*-1;. The molecule has 237 valence electrons. The molecule has 0 N–H and O–H groups in total. The Bertz CT molecular complexity index is 2130. The molecule has 0 aliphatic rings. The van der Waals surface area contributed by atoms with Crippen LogP contribution in [-0.2, 0) is 20.1 Å². The van der Waals surface area contributed by atoms with Crippen LogP contribution in [0.3, 0.4) is 0 Å². The Kier molecular flexibility index (Phi) is 9.73. The number of fused-ring (bicyclic) bond motifs is 4. The van der Waals surface area contributed by atoms with Crippen molar-refractivity contribution in [3.8, 4) is 22.6 Å². The second-order valence-electron chi connectivity index (χ2n) is 13.1. The fourth-order valence-corrected chi connectivity index (χ4v) is 7.47. The number of pyridine rings is 1. The summed E-state index contributed by atoms with van der Waals surface area (Å²) >= 11 is 0. The van der Waals surface area contributed by atoms with Gasteiger partial charge in [0.2, 0.25) is 5.71 Å². The van der Waals surface area contributed by atoms with Crippen LogP contribution in [0.2, 0.25) is 19.6 Å². The Hall–Kier alpha value is -3.97. The maximum absolute atomic E-state index is 6.11. The first kappa shape index (κ1) is 33.4. The number of aromatic nitrogens is 5. The maximum atomic E-state index is 6.11. The van der Waals surface area contributed by atoms with Gasteiger partial charge in [-0.05, 0) is 49.7 Å². The summed E-state index contributed by atoms with van der Waals surface area (Å²) in [6.07, 6.45) is 3.91. The molecule has 8 heteroatoms. The molecular formula is C38H39IrN5OSi-2. The molecule has 0 saturated heterocycles. The maximum Gasteiger partial charge on any atom is 0.219 e. The first-order valence-electron chi connectivity index (χ1n) is 15.5. The fourth-order valence-electron chi connectivity index (χ4n) is 5.80. The van der Waals surface area contributed by atoms with Gasteiger partial charge in [0.05, 0.1) is 30.5 Å². The minimum Gasteiger partial charge on any atom is -0.486 e. The van der Waals surface area contributed by atoms with Crippen LogP contribution in [0.25, 0.3) is 55.7 Å². The molecule has 1 radical (unpaired) electrons. The van der Waals surface area contributed by atoms with Crippen LogP contribution in [0, 0.1) is 19.1 Å². The van der Waals surface area contributed by atoms with Crippen LogP contribution in [0.1, 0.15) is 51.0 Å². The Morgan fingerprint density at radius 2 is 1.59 bits per heavy atom. The topological polar surface area (TPSA) is 69.6 Å². The van der Waals surface area contributed by atoms with Gasteiger partial charge < -0.3 is 14.0 Å². The van der Waals surface area contributed by atoms with Crippen molar-refractivity contribution < 1.29 is 24.5 Å². The molecule has 46 heavy (non-hydrogen) atoms. The van der Waals surface area contributed by atoms with Crippen molar-refractivity contribution in [1.29, 1.82) is 0 Å². The molecule has 4 heterocycles. The van der Waals surface area contributed by atoms with E-state index in [1.165, 1.54) is 10.8 Å². The smallest absolute Gasteiger partial charge is 0.219 e. The van der Waals surface area contributed by atoms with Crippen LogP contribution in [-0.4, -0.2) is 32.6 Å². The molecule has 0 spiro atoms. The summed E-state index contributed by atoms with van der Waals surface area (Å²) < 4.78 is 8.34. The summed E-state index contributed by atoms with van der Waals surface area (Å²) in [5.41, 5.74) is 7.82. The van der Waals surface area contributed by atoms with Crippen molar-refractivity contribution in [2.75, 3.05) is 0 Å². The molecule has 7 aromatic rings. The largest absolute Gasteiger partial charge is 0.486 e. The molecule has 3 aromatic carbocycles. The molecule has 6 nitrogen and oxygen atoms in total.